The Kier molecular flexibility index (Phi) is 3.73. The van der Waals surface area contributed by atoms with Gasteiger partial charge in [-0.15, -0.1) is 0 Å². The zero-order chi connectivity index (χ0) is 14.0. The molecule has 0 fully saturated rings. The molecule has 3 N–H and O–H groups in total. The van der Waals surface area contributed by atoms with E-state index in [2.05, 4.69) is 0 Å². The van der Waals surface area contributed by atoms with E-state index in [4.69, 9.17) is 14.3 Å². The molecule has 0 unspecified atom stereocenters. The summed E-state index contributed by atoms with van der Waals surface area (Å²) in [6.07, 6.45) is -1.05. The second kappa shape index (κ2) is 5.29. The summed E-state index contributed by atoms with van der Waals surface area (Å²) in [5.41, 5.74) is -0.366. The van der Waals surface area contributed by atoms with E-state index in [-0.39, 0.29) is 23.3 Å². The molecule has 19 heavy (non-hydrogen) atoms. The number of aliphatic hydroxyl groups excluding tert-OH is 2. The van der Waals surface area contributed by atoms with Gasteiger partial charge in [-0.2, -0.15) is 0 Å². The lowest BCUT2D eigenvalue weighted by Crippen LogP contribution is -2.20. The predicted octanol–water partition coefficient (Wildman–Crippen LogP) is 0.403. The van der Waals surface area contributed by atoms with Crippen LogP contribution in [0, 0.1) is 0 Å². The van der Waals surface area contributed by atoms with Crippen molar-refractivity contribution < 1.29 is 24.5 Å². The van der Waals surface area contributed by atoms with Gasteiger partial charge in [-0.1, -0.05) is 0 Å². The first-order valence-corrected chi connectivity index (χ1v) is 5.67. The average Bonchev–Trinajstić information content (AvgIpc) is 2.40. The fraction of sp³-hybridized carbons (Fsp3) is 0.308. The van der Waals surface area contributed by atoms with Crippen LogP contribution in [0.1, 0.15) is 5.56 Å². The molecular weight excluding hydrogens is 252 g/mol. The maximum Gasteiger partial charge on any atom is 0.339 e. The number of aromatic hydroxyl groups is 1. The van der Waals surface area contributed by atoms with E-state index in [0.29, 0.717) is 11.1 Å². The van der Waals surface area contributed by atoms with Gasteiger partial charge in [0.2, 0.25) is 0 Å². The zero-order valence-corrected chi connectivity index (χ0v) is 10.3. The molecule has 6 nitrogen and oxygen atoms in total. The number of phenols is 1. The molecule has 1 heterocycles. The minimum atomic E-state index is -1.03. The van der Waals surface area contributed by atoms with Gasteiger partial charge in [-0.25, -0.2) is 4.79 Å². The van der Waals surface area contributed by atoms with Crippen LogP contribution >= 0.6 is 0 Å². The lowest BCUT2D eigenvalue weighted by molar-refractivity contribution is 0.0949. The van der Waals surface area contributed by atoms with Crippen LogP contribution in [-0.2, 0) is 6.42 Å². The van der Waals surface area contributed by atoms with Crippen molar-refractivity contribution in [1.82, 2.24) is 0 Å². The number of ether oxygens (including phenoxy) is 1. The molecule has 0 amide bonds. The van der Waals surface area contributed by atoms with Crippen LogP contribution in [0.3, 0.4) is 0 Å². The van der Waals surface area contributed by atoms with E-state index >= 15 is 0 Å². The van der Waals surface area contributed by atoms with Crippen molar-refractivity contribution in [3.63, 3.8) is 0 Å². The van der Waals surface area contributed by atoms with Crippen LogP contribution in [0.5, 0.6) is 11.5 Å². The van der Waals surface area contributed by atoms with E-state index in [1.165, 1.54) is 19.2 Å². The number of benzene rings is 1. The highest BCUT2D eigenvalue weighted by Gasteiger charge is 2.13. The van der Waals surface area contributed by atoms with Gasteiger partial charge in [0, 0.05) is 23.4 Å². The standard InChI is InChI=1S/C13H14O6/c1-18-10-4-7-2-8(3-9(15)6-14)13(17)19-12(7)11(16)5-10/h2,4-5,9,14-16H,3,6H2,1H3/t9-/m0/s1. The highest BCUT2D eigenvalue weighted by molar-refractivity contribution is 5.84. The second-order valence-corrected chi connectivity index (χ2v) is 4.16. The molecule has 2 rings (SSSR count). The lowest BCUT2D eigenvalue weighted by atomic mass is 10.1. The molecule has 1 atom stereocenters. The topological polar surface area (TPSA) is 100 Å². The molecule has 6 heteroatoms. The zero-order valence-electron chi connectivity index (χ0n) is 10.3. The number of aliphatic hydroxyl groups is 2. The first kappa shape index (κ1) is 13.4. The summed E-state index contributed by atoms with van der Waals surface area (Å²) < 4.78 is 10.0. The number of rotatable bonds is 4. The Labute approximate surface area is 108 Å². The van der Waals surface area contributed by atoms with Crippen molar-refractivity contribution >= 4 is 11.0 Å². The van der Waals surface area contributed by atoms with Gasteiger partial charge < -0.3 is 24.5 Å². The molecule has 102 valence electrons. The van der Waals surface area contributed by atoms with E-state index in [1.807, 2.05) is 0 Å². The Bertz CT molecular complexity index is 645. The summed E-state index contributed by atoms with van der Waals surface area (Å²) in [4.78, 5) is 11.7. The Morgan fingerprint density at radius 2 is 2.11 bits per heavy atom. The van der Waals surface area contributed by atoms with Gasteiger partial charge in [-0.3, -0.25) is 0 Å². The summed E-state index contributed by atoms with van der Waals surface area (Å²) in [6.45, 7) is -0.444. The highest BCUT2D eigenvalue weighted by atomic mass is 16.5. The molecule has 2 aromatic rings. The van der Waals surface area contributed by atoms with Gasteiger partial charge in [0.25, 0.3) is 0 Å². The highest BCUT2D eigenvalue weighted by Crippen LogP contribution is 2.29. The fourth-order valence-corrected chi connectivity index (χ4v) is 1.81. The Morgan fingerprint density at radius 1 is 1.37 bits per heavy atom. The molecule has 1 aromatic carbocycles. The first-order chi connectivity index (χ1) is 9.05. The summed E-state index contributed by atoms with van der Waals surface area (Å²) in [7, 11) is 1.45. The van der Waals surface area contributed by atoms with Gasteiger partial charge in [0.15, 0.2) is 11.3 Å². The van der Waals surface area contributed by atoms with Crippen LogP contribution in [0.15, 0.2) is 27.4 Å². The number of phenolic OH excluding ortho intramolecular Hbond substituents is 1. The maximum atomic E-state index is 11.7. The van der Waals surface area contributed by atoms with E-state index in [0.717, 1.165) is 0 Å². The molecule has 0 aliphatic heterocycles. The number of methoxy groups -OCH3 is 1. The minimum Gasteiger partial charge on any atom is -0.504 e. The smallest absolute Gasteiger partial charge is 0.339 e. The van der Waals surface area contributed by atoms with Gasteiger partial charge in [0.05, 0.1) is 19.8 Å². The van der Waals surface area contributed by atoms with Crippen molar-refractivity contribution in [2.75, 3.05) is 13.7 Å². The lowest BCUT2D eigenvalue weighted by Gasteiger charge is -2.08. The first-order valence-electron chi connectivity index (χ1n) is 5.67. The quantitative estimate of drug-likeness (QED) is 0.693. The number of fused-ring (bicyclic) bond motifs is 1. The molecule has 0 saturated heterocycles. The SMILES string of the molecule is COc1cc(O)c2oc(=O)c(C[C@H](O)CO)cc2c1. The van der Waals surface area contributed by atoms with Crippen LogP contribution in [0.4, 0.5) is 0 Å². The van der Waals surface area contributed by atoms with E-state index in [1.54, 1.807) is 6.07 Å². The van der Waals surface area contributed by atoms with Crippen molar-refractivity contribution in [3.8, 4) is 11.5 Å². The third kappa shape index (κ3) is 2.69. The number of hydrogen-bond donors (Lipinski definition) is 3. The van der Waals surface area contributed by atoms with Crippen molar-refractivity contribution in [1.29, 1.82) is 0 Å². The molecule has 1 aromatic heterocycles. The van der Waals surface area contributed by atoms with Crippen LogP contribution in [0.2, 0.25) is 0 Å². The molecule has 0 saturated carbocycles. The monoisotopic (exact) mass is 266 g/mol. The third-order valence-electron chi connectivity index (χ3n) is 2.76. The van der Waals surface area contributed by atoms with Crippen molar-refractivity contribution in [2.45, 2.75) is 12.5 Å². The van der Waals surface area contributed by atoms with Crippen LogP contribution in [0.25, 0.3) is 11.0 Å². The van der Waals surface area contributed by atoms with Gasteiger partial charge in [0.1, 0.15) is 5.75 Å². The van der Waals surface area contributed by atoms with Crippen molar-refractivity contribution in [2.24, 2.45) is 0 Å². The minimum absolute atomic E-state index is 0.0211. The fourth-order valence-electron chi connectivity index (χ4n) is 1.81. The summed E-state index contributed by atoms with van der Waals surface area (Å²) >= 11 is 0. The van der Waals surface area contributed by atoms with Crippen molar-refractivity contribution in [3.05, 3.63) is 34.2 Å². The molecular formula is C13H14O6. The Hall–Kier alpha value is -2.05. The summed E-state index contributed by atoms with van der Waals surface area (Å²) in [5, 5.41) is 28.3. The summed E-state index contributed by atoms with van der Waals surface area (Å²) in [6, 6.07) is 4.45. The largest absolute Gasteiger partial charge is 0.504 e. The van der Waals surface area contributed by atoms with E-state index in [9.17, 15) is 15.0 Å². The van der Waals surface area contributed by atoms with Crippen LogP contribution in [-0.4, -0.2) is 35.1 Å². The number of hydrogen-bond acceptors (Lipinski definition) is 6. The van der Waals surface area contributed by atoms with Crippen LogP contribution < -0.4 is 10.4 Å². The maximum absolute atomic E-state index is 11.7. The molecule has 0 aliphatic carbocycles. The molecule has 0 aliphatic rings. The van der Waals surface area contributed by atoms with Gasteiger partial charge in [-0.05, 0) is 12.1 Å². The molecule has 0 spiro atoms. The average molecular weight is 266 g/mol. The second-order valence-electron chi connectivity index (χ2n) is 4.16. The Morgan fingerprint density at radius 3 is 2.74 bits per heavy atom. The Balaban J connectivity index is 2.57. The molecule has 0 radical (unpaired) electrons. The normalized spacial score (nSPS) is 12.6. The third-order valence-corrected chi connectivity index (χ3v) is 2.76. The molecule has 0 bridgehead atoms. The van der Waals surface area contributed by atoms with E-state index < -0.39 is 18.3 Å². The predicted molar refractivity (Wildman–Crippen MR) is 67.5 cm³/mol. The summed E-state index contributed by atoms with van der Waals surface area (Å²) in [5.74, 6) is 0.230. The van der Waals surface area contributed by atoms with Gasteiger partial charge >= 0.3 is 5.63 Å².